The predicted molar refractivity (Wildman–Crippen MR) is 118 cm³/mol. The van der Waals surface area contributed by atoms with Gasteiger partial charge in [-0.15, -0.1) is 0 Å². The number of pyridine rings is 1. The summed E-state index contributed by atoms with van der Waals surface area (Å²) in [5.41, 5.74) is 2.43. The largest absolute Gasteiger partial charge is 0.507 e. The molecule has 0 unspecified atom stereocenters. The number of benzene rings is 3. The van der Waals surface area contributed by atoms with Gasteiger partial charge in [0.15, 0.2) is 9.84 Å². The fourth-order valence-electron chi connectivity index (χ4n) is 3.59. The Labute approximate surface area is 174 Å². The second kappa shape index (κ2) is 7.80. The van der Waals surface area contributed by atoms with E-state index < -0.39 is 9.84 Å². The highest BCUT2D eigenvalue weighted by Gasteiger charge is 2.17. The van der Waals surface area contributed by atoms with E-state index in [0.29, 0.717) is 17.4 Å². The van der Waals surface area contributed by atoms with Gasteiger partial charge in [-0.25, -0.2) is 8.42 Å². The minimum absolute atomic E-state index is 0.0351. The second-order valence-corrected chi connectivity index (χ2v) is 9.33. The van der Waals surface area contributed by atoms with E-state index >= 15 is 0 Å². The summed E-state index contributed by atoms with van der Waals surface area (Å²) in [4.78, 5) is 13.6. The van der Waals surface area contributed by atoms with Crippen LogP contribution < -0.4 is 5.56 Å². The van der Waals surface area contributed by atoms with Crippen molar-refractivity contribution in [1.29, 1.82) is 0 Å². The zero-order valence-corrected chi connectivity index (χ0v) is 17.3. The Balaban J connectivity index is 1.83. The highest BCUT2D eigenvalue weighted by molar-refractivity contribution is 7.90. The SMILES string of the molecule is CS(=O)(=O)c1ccc(Cc2c(O)c3ccccc3n(Cc3ccccc3)c2=O)cc1. The predicted octanol–water partition coefficient (Wildman–Crippen LogP) is 3.75. The van der Waals surface area contributed by atoms with Crippen molar-refractivity contribution in [2.75, 3.05) is 6.26 Å². The maximum absolute atomic E-state index is 13.3. The van der Waals surface area contributed by atoms with Crippen LogP contribution in [0.2, 0.25) is 0 Å². The molecule has 0 bridgehead atoms. The molecule has 0 atom stereocenters. The molecule has 30 heavy (non-hydrogen) atoms. The summed E-state index contributed by atoms with van der Waals surface area (Å²) in [5, 5.41) is 11.5. The molecule has 1 N–H and O–H groups in total. The molecule has 0 spiro atoms. The number of hydrogen-bond acceptors (Lipinski definition) is 4. The Bertz CT molecular complexity index is 1370. The van der Waals surface area contributed by atoms with E-state index in [0.717, 1.165) is 17.4 Å². The van der Waals surface area contributed by atoms with E-state index in [1.165, 1.54) is 12.1 Å². The van der Waals surface area contributed by atoms with Gasteiger partial charge in [0.25, 0.3) is 5.56 Å². The molecule has 0 fully saturated rings. The summed E-state index contributed by atoms with van der Waals surface area (Å²) in [6.07, 6.45) is 1.35. The van der Waals surface area contributed by atoms with Crippen molar-refractivity contribution < 1.29 is 13.5 Å². The van der Waals surface area contributed by atoms with Gasteiger partial charge in [0.05, 0.1) is 22.5 Å². The van der Waals surface area contributed by atoms with Gasteiger partial charge in [-0.3, -0.25) is 4.79 Å². The molecule has 4 aromatic rings. The molecule has 0 aliphatic carbocycles. The van der Waals surface area contributed by atoms with Crippen LogP contribution in [0.5, 0.6) is 5.75 Å². The summed E-state index contributed by atoms with van der Waals surface area (Å²) in [5.74, 6) is -0.0351. The molecule has 3 aromatic carbocycles. The Hall–Kier alpha value is -3.38. The minimum atomic E-state index is -3.29. The van der Waals surface area contributed by atoms with Crippen LogP contribution >= 0.6 is 0 Å². The van der Waals surface area contributed by atoms with Gasteiger partial charge in [0, 0.05) is 18.1 Å². The number of aromatic nitrogens is 1. The molecule has 0 saturated carbocycles. The molecule has 4 rings (SSSR count). The third-order valence-corrected chi connectivity index (χ3v) is 6.28. The van der Waals surface area contributed by atoms with Gasteiger partial charge in [-0.1, -0.05) is 54.6 Å². The smallest absolute Gasteiger partial charge is 0.258 e. The Kier molecular flexibility index (Phi) is 5.18. The van der Waals surface area contributed by atoms with E-state index in [-0.39, 0.29) is 28.2 Å². The Morgan fingerprint density at radius 2 is 1.47 bits per heavy atom. The summed E-state index contributed by atoms with van der Waals surface area (Å²) in [6, 6.07) is 23.3. The van der Waals surface area contributed by atoms with Crippen LogP contribution in [-0.4, -0.2) is 24.3 Å². The van der Waals surface area contributed by atoms with Gasteiger partial charge in [-0.05, 0) is 35.4 Å². The van der Waals surface area contributed by atoms with E-state index in [9.17, 15) is 18.3 Å². The van der Waals surface area contributed by atoms with Gasteiger partial charge in [-0.2, -0.15) is 0 Å². The normalized spacial score (nSPS) is 11.6. The number of nitrogens with zero attached hydrogens (tertiary/aromatic N) is 1. The van der Waals surface area contributed by atoms with E-state index in [1.54, 1.807) is 22.8 Å². The zero-order chi connectivity index (χ0) is 21.3. The van der Waals surface area contributed by atoms with Crippen LogP contribution in [0.4, 0.5) is 0 Å². The summed E-state index contributed by atoms with van der Waals surface area (Å²) >= 11 is 0. The molecule has 1 aromatic heterocycles. The fraction of sp³-hybridized carbons (Fsp3) is 0.125. The lowest BCUT2D eigenvalue weighted by Crippen LogP contribution is -2.25. The number of para-hydroxylation sites is 1. The van der Waals surface area contributed by atoms with E-state index in [4.69, 9.17) is 0 Å². The molecule has 5 nitrogen and oxygen atoms in total. The first-order valence-electron chi connectivity index (χ1n) is 9.51. The third-order valence-electron chi connectivity index (χ3n) is 5.16. The molecule has 0 saturated heterocycles. The van der Waals surface area contributed by atoms with Crippen LogP contribution in [0.25, 0.3) is 10.9 Å². The molecular weight excluding hydrogens is 398 g/mol. The quantitative estimate of drug-likeness (QED) is 0.535. The van der Waals surface area contributed by atoms with Gasteiger partial charge >= 0.3 is 0 Å². The average molecular weight is 420 g/mol. The maximum Gasteiger partial charge on any atom is 0.258 e. The first kappa shape index (κ1) is 19.9. The molecule has 6 heteroatoms. The number of sulfone groups is 1. The summed E-state index contributed by atoms with van der Waals surface area (Å²) < 4.78 is 25.0. The molecule has 0 radical (unpaired) electrons. The van der Waals surface area contributed by atoms with Crippen molar-refractivity contribution in [3.8, 4) is 5.75 Å². The lowest BCUT2D eigenvalue weighted by molar-refractivity contribution is 0.472. The zero-order valence-electron chi connectivity index (χ0n) is 16.4. The average Bonchev–Trinajstić information content (AvgIpc) is 2.74. The number of rotatable bonds is 5. The van der Waals surface area contributed by atoms with E-state index in [2.05, 4.69) is 0 Å². The van der Waals surface area contributed by atoms with Crippen LogP contribution in [0.1, 0.15) is 16.7 Å². The van der Waals surface area contributed by atoms with Crippen LogP contribution in [0, 0.1) is 0 Å². The lowest BCUT2D eigenvalue weighted by Gasteiger charge is -2.15. The van der Waals surface area contributed by atoms with Crippen molar-refractivity contribution in [3.63, 3.8) is 0 Å². The fourth-order valence-corrected chi connectivity index (χ4v) is 4.22. The van der Waals surface area contributed by atoms with Crippen LogP contribution in [-0.2, 0) is 22.8 Å². The Morgan fingerprint density at radius 1 is 0.833 bits per heavy atom. The van der Waals surface area contributed by atoms with Gasteiger partial charge in [0.2, 0.25) is 0 Å². The van der Waals surface area contributed by atoms with Crippen molar-refractivity contribution in [3.05, 3.63) is 106 Å². The molecule has 0 amide bonds. The third kappa shape index (κ3) is 3.86. The van der Waals surface area contributed by atoms with E-state index in [1.807, 2.05) is 48.5 Å². The van der Waals surface area contributed by atoms with Gasteiger partial charge in [0.1, 0.15) is 5.75 Å². The first-order chi connectivity index (χ1) is 14.3. The monoisotopic (exact) mass is 419 g/mol. The molecule has 0 aliphatic rings. The van der Waals surface area contributed by atoms with Crippen LogP contribution in [0.15, 0.2) is 88.6 Å². The summed E-state index contributed by atoms with van der Waals surface area (Å²) in [7, 11) is -3.29. The second-order valence-electron chi connectivity index (χ2n) is 7.31. The lowest BCUT2D eigenvalue weighted by atomic mass is 10.0. The Morgan fingerprint density at radius 3 is 2.13 bits per heavy atom. The van der Waals surface area contributed by atoms with Crippen molar-refractivity contribution in [2.24, 2.45) is 0 Å². The summed E-state index contributed by atoms with van der Waals surface area (Å²) in [6.45, 7) is 0.389. The van der Waals surface area contributed by atoms with Crippen molar-refractivity contribution in [2.45, 2.75) is 17.9 Å². The molecule has 1 heterocycles. The van der Waals surface area contributed by atoms with Crippen molar-refractivity contribution in [1.82, 2.24) is 4.57 Å². The number of aromatic hydroxyl groups is 1. The molecular formula is C24H21NO4S. The van der Waals surface area contributed by atoms with Gasteiger partial charge < -0.3 is 9.67 Å². The number of hydrogen-bond donors (Lipinski definition) is 1. The standard InChI is InChI=1S/C24H21NO4S/c1-30(28,29)19-13-11-17(12-14-19)15-21-23(26)20-9-5-6-10-22(20)25(24(21)27)16-18-7-3-2-4-8-18/h2-14,26H,15-16H2,1H3. The maximum atomic E-state index is 13.3. The highest BCUT2D eigenvalue weighted by atomic mass is 32.2. The van der Waals surface area contributed by atoms with Crippen molar-refractivity contribution >= 4 is 20.7 Å². The number of fused-ring (bicyclic) bond motifs is 1. The molecule has 0 aliphatic heterocycles. The minimum Gasteiger partial charge on any atom is -0.507 e. The first-order valence-corrected chi connectivity index (χ1v) is 11.4. The molecule has 152 valence electrons. The highest BCUT2D eigenvalue weighted by Crippen LogP contribution is 2.28. The van der Waals surface area contributed by atoms with Crippen LogP contribution in [0.3, 0.4) is 0 Å². The topological polar surface area (TPSA) is 76.4 Å².